The van der Waals surface area contributed by atoms with Gasteiger partial charge in [-0.25, -0.2) is 0 Å². The Bertz CT molecular complexity index is 790. The van der Waals surface area contributed by atoms with E-state index in [0.717, 1.165) is 11.1 Å². The van der Waals surface area contributed by atoms with Crippen LogP contribution in [0.15, 0.2) is 48.0 Å². The fraction of sp³-hybridized carbons (Fsp3) is 0.176. The lowest BCUT2D eigenvalue weighted by Crippen LogP contribution is -2.25. The maximum Gasteiger partial charge on any atom is 0.573 e. The number of para-hydroxylation sites is 2. The molecule has 7 heteroatoms. The Morgan fingerprint density at radius 2 is 1.88 bits per heavy atom. The number of fused-ring (bicyclic) bond motifs is 1. The molecule has 126 valence electrons. The average molecular weight is 355 g/mol. The van der Waals surface area contributed by atoms with Crippen molar-refractivity contribution < 1.29 is 17.9 Å². The number of benzene rings is 2. The molecule has 0 saturated heterocycles. The van der Waals surface area contributed by atoms with Gasteiger partial charge in [0.15, 0.2) is 0 Å². The number of halogens is 4. The average Bonchev–Trinajstić information content (AvgIpc) is 2.53. The van der Waals surface area contributed by atoms with Crippen LogP contribution >= 0.6 is 11.6 Å². The van der Waals surface area contributed by atoms with Crippen molar-refractivity contribution >= 4 is 23.4 Å². The van der Waals surface area contributed by atoms with Gasteiger partial charge in [-0.3, -0.25) is 0 Å². The zero-order valence-corrected chi connectivity index (χ0v) is 13.2. The third kappa shape index (κ3) is 3.34. The number of hydrogen-bond acceptors (Lipinski definition) is 3. The van der Waals surface area contributed by atoms with Gasteiger partial charge in [-0.15, -0.1) is 13.2 Å². The van der Waals surface area contributed by atoms with Crippen LogP contribution in [0.3, 0.4) is 0 Å². The molecule has 1 unspecified atom stereocenters. The molecule has 3 rings (SSSR count). The minimum absolute atomic E-state index is 0.184. The molecule has 24 heavy (non-hydrogen) atoms. The first-order valence-electron chi connectivity index (χ1n) is 7.19. The SMILES string of the molecule is NCC1=Cc2cccc(Cl)c2NC1c1ccccc1OC(F)(F)F. The highest BCUT2D eigenvalue weighted by Crippen LogP contribution is 2.41. The van der Waals surface area contributed by atoms with Crippen molar-refractivity contribution in [3.63, 3.8) is 0 Å². The number of hydrogen-bond donors (Lipinski definition) is 2. The van der Waals surface area contributed by atoms with Gasteiger partial charge >= 0.3 is 6.36 Å². The summed E-state index contributed by atoms with van der Waals surface area (Å²) in [7, 11) is 0. The molecule has 1 atom stereocenters. The smallest absolute Gasteiger partial charge is 0.405 e. The fourth-order valence-electron chi connectivity index (χ4n) is 2.72. The summed E-state index contributed by atoms with van der Waals surface area (Å²) >= 11 is 6.20. The van der Waals surface area contributed by atoms with Gasteiger partial charge in [-0.05, 0) is 29.3 Å². The van der Waals surface area contributed by atoms with Crippen LogP contribution in [0.2, 0.25) is 5.02 Å². The van der Waals surface area contributed by atoms with Crippen molar-refractivity contribution in [2.24, 2.45) is 5.73 Å². The lowest BCUT2D eigenvalue weighted by Gasteiger charge is -2.30. The predicted octanol–water partition coefficient (Wildman–Crippen LogP) is 4.75. The maximum atomic E-state index is 12.7. The van der Waals surface area contributed by atoms with E-state index in [1.807, 2.05) is 12.1 Å². The van der Waals surface area contributed by atoms with Crippen LogP contribution in [0.5, 0.6) is 5.75 Å². The highest BCUT2D eigenvalue weighted by molar-refractivity contribution is 6.33. The first-order valence-corrected chi connectivity index (χ1v) is 7.57. The Kier molecular flexibility index (Phi) is 4.43. The molecule has 1 aliphatic heterocycles. The number of nitrogens with one attached hydrogen (secondary N) is 1. The number of alkyl halides is 3. The molecule has 0 aliphatic carbocycles. The number of ether oxygens (including phenoxy) is 1. The predicted molar refractivity (Wildman–Crippen MR) is 88.0 cm³/mol. The van der Waals surface area contributed by atoms with Crippen molar-refractivity contribution in [3.8, 4) is 5.75 Å². The van der Waals surface area contributed by atoms with Gasteiger partial charge in [0.2, 0.25) is 0 Å². The second kappa shape index (κ2) is 6.37. The quantitative estimate of drug-likeness (QED) is 0.836. The van der Waals surface area contributed by atoms with E-state index in [9.17, 15) is 13.2 Å². The van der Waals surface area contributed by atoms with E-state index in [0.29, 0.717) is 16.3 Å². The van der Waals surface area contributed by atoms with E-state index in [1.165, 1.54) is 12.1 Å². The van der Waals surface area contributed by atoms with E-state index in [2.05, 4.69) is 10.1 Å². The molecule has 0 amide bonds. The monoisotopic (exact) mass is 354 g/mol. The summed E-state index contributed by atoms with van der Waals surface area (Å²) in [6.45, 7) is 0.184. The Morgan fingerprint density at radius 1 is 1.12 bits per heavy atom. The summed E-state index contributed by atoms with van der Waals surface area (Å²) < 4.78 is 42.2. The van der Waals surface area contributed by atoms with Crippen LogP contribution in [0.4, 0.5) is 18.9 Å². The summed E-state index contributed by atoms with van der Waals surface area (Å²) in [5, 5.41) is 3.67. The van der Waals surface area contributed by atoms with Gasteiger partial charge in [0, 0.05) is 12.1 Å². The minimum atomic E-state index is -4.77. The van der Waals surface area contributed by atoms with Gasteiger partial charge in [0.1, 0.15) is 5.75 Å². The molecule has 0 fully saturated rings. The van der Waals surface area contributed by atoms with Gasteiger partial charge < -0.3 is 15.8 Å². The molecule has 0 radical (unpaired) electrons. The molecule has 0 spiro atoms. The molecule has 3 N–H and O–H groups in total. The molecule has 2 aromatic carbocycles. The number of anilines is 1. The normalized spacial score (nSPS) is 16.9. The van der Waals surface area contributed by atoms with Gasteiger partial charge in [0.25, 0.3) is 0 Å². The summed E-state index contributed by atoms with van der Waals surface area (Å²) in [5.74, 6) is -0.266. The van der Waals surface area contributed by atoms with E-state index >= 15 is 0 Å². The Hall–Kier alpha value is -2.18. The highest BCUT2D eigenvalue weighted by atomic mass is 35.5. The molecular weight excluding hydrogens is 341 g/mol. The summed E-state index contributed by atoms with van der Waals surface area (Å²) in [5.41, 5.74) is 8.38. The molecule has 0 bridgehead atoms. The molecular formula is C17H14ClF3N2O. The van der Waals surface area contributed by atoms with E-state index in [-0.39, 0.29) is 12.3 Å². The van der Waals surface area contributed by atoms with Crippen molar-refractivity contribution in [1.29, 1.82) is 0 Å². The van der Waals surface area contributed by atoms with Crippen molar-refractivity contribution in [2.45, 2.75) is 12.4 Å². The summed E-state index contributed by atoms with van der Waals surface area (Å²) in [6.07, 6.45) is -2.93. The largest absolute Gasteiger partial charge is 0.573 e. The van der Waals surface area contributed by atoms with Gasteiger partial charge in [-0.1, -0.05) is 41.9 Å². The zero-order chi connectivity index (χ0) is 17.3. The van der Waals surface area contributed by atoms with E-state index < -0.39 is 12.4 Å². The lowest BCUT2D eigenvalue weighted by molar-refractivity contribution is -0.274. The molecule has 2 aromatic rings. The third-order valence-electron chi connectivity index (χ3n) is 3.74. The third-order valence-corrected chi connectivity index (χ3v) is 4.05. The molecule has 1 aliphatic rings. The van der Waals surface area contributed by atoms with E-state index in [1.54, 1.807) is 24.3 Å². The van der Waals surface area contributed by atoms with Crippen LogP contribution < -0.4 is 15.8 Å². The van der Waals surface area contributed by atoms with Crippen LogP contribution in [0.1, 0.15) is 17.2 Å². The fourth-order valence-corrected chi connectivity index (χ4v) is 2.96. The zero-order valence-electron chi connectivity index (χ0n) is 12.4. The standard InChI is InChI=1S/C17H14ClF3N2O/c18-13-6-3-4-10-8-11(9-22)15(23-16(10)13)12-5-1-2-7-14(12)24-17(19,20)21/h1-8,15,23H,9,22H2. The van der Waals surface area contributed by atoms with Crippen molar-refractivity contribution in [3.05, 3.63) is 64.2 Å². The Balaban J connectivity index is 2.06. The number of nitrogens with two attached hydrogens (primary N) is 1. The molecule has 0 saturated carbocycles. The van der Waals surface area contributed by atoms with Crippen LogP contribution in [0, 0.1) is 0 Å². The first-order chi connectivity index (χ1) is 11.4. The topological polar surface area (TPSA) is 47.3 Å². The van der Waals surface area contributed by atoms with Gasteiger partial charge in [-0.2, -0.15) is 0 Å². The Morgan fingerprint density at radius 3 is 2.58 bits per heavy atom. The molecule has 0 aromatic heterocycles. The van der Waals surface area contributed by atoms with Crippen molar-refractivity contribution in [2.75, 3.05) is 11.9 Å². The van der Waals surface area contributed by atoms with Crippen LogP contribution in [-0.2, 0) is 0 Å². The minimum Gasteiger partial charge on any atom is -0.405 e. The van der Waals surface area contributed by atoms with E-state index in [4.69, 9.17) is 17.3 Å². The second-order valence-corrected chi connectivity index (χ2v) is 5.70. The first kappa shape index (κ1) is 16.7. The van der Waals surface area contributed by atoms with Crippen molar-refractivity contribution in [1.82, 2.24) is 0 Å². The number of rotatable bonds is 3. The highest BCUT2D eigenvalue weighted by Gasteiger charge is 2.34. The molecule has 3 nitrogen and oxygen atoms in total. The van der Waals surface area contributed by atoms with Gasteiger partial charge in [0.05, 0.1) is 16.8 Å². The Labute approximate surface area is 141 Å². The summed E-state index contributed by atoms with van der Waals surface area (Å²) in [4.78, 5) is 0. The van der Waals surface area contributed by atoms with Crippen LogP contribution in [-0.4, -0.2) is 12.9 Å². The summed E-state index contributed by atoms with van der Waals surface area (Å²) in [6, 6.07) is 10.8. The lowest BCUT2D eigenvalue weighted by atomic mass is 9.91. The second-order valence-electron chi connectivity index (χ2n) is 5.29. The maximum absolute atomic E-state index is 12.7. The van der Waals surface area contributed by atoms with Crippen LogP contribution in [0.25, 0.3) is 6.08 Å². The molecule has 1 heterocycles.